The topological polar surface area (TPSA) is 104 Å². The van der Waals surface area contributed by atoms with Crippen molar-refractivity contribution < 1.29 is 4.79 Å². The van der Waals surface area contributed by atoms with Gasteiger partial charge in [-0.15, -0.1) is 11.3 Å². The van der Waals surface area contributed by atoms with Gasteiger partial charge in [-0.3, -0.25) is 23.3 Å². The van der Waals surface area contributed by atoms with Gasteiger partial charge >= 0.3 is 5.69 Å². The van der Waals surface area contributed by atoms with Crippen LogP contribution in [-0.4, -0.2) is 29.6 Å². The standard InChI is InChI=1S/C13H13BrN6O3S/c1-6-5-24-12(15-6)16-7(21)4-20-9-8(17-11(20)14)10(22)19(3)13(23)18(9)2/h5H,4H2,1-3H3,(H,15,16,21). The fraction of sp³-hybridized carbons (Fsp3) is 0.308. The van der Waals surface area contributed by atoms with E-state index in [0.717, 1.165) is 10.3 Å². The van der Waals surface area contributed by atoms with Gasteiger partial charge in [-0.2, -0.15) is 0 Å². The number of amides is 1. The lowest BCUT2D eigenvalue weighted by Gasteiger charge is -2.09. The third kappa shape index (κ3) is 2.69. The van der Waals surface area contributed by atoms with Gasteiger partial charge in [0.1, 0.15) is 6.54 Å². The molecule has 0 fully saturated rings. The molecule has 1 amide bonds. The number of thiazole rings is 1. The normalized spacial score (nSPS) is 11.2. The smallest absolute Gasteiger partial charge is 0.300 e. The lowest BCUT2D eigenvalue weighted by molar-refractivity contribution is -0.116. The third-order valence-electron chi connectivity index (χ3n) is 3.46. The molecule has 0 unspecified atom stereocenters. The van der Waals surface area contributed by atoms with Crippen molar-refractivity contribution in [2.75, 3.05) is 5.32 Å². The van der Waals surface area contributed by atoms with Crippen molar-refractivity contribution in [1.82, 2.24) is 23.7 Å². The van der Waals surface area contributed by atoms with Crippen LogP contribution in [0.5, 0.6) is 0 Å². The van der Waals surface area contributed by atoms with Crippen LogP contribution in [0.4, 0.5) is 5.13 Å². The van der Waals surface area contributed by atoms with Crippen LogP contribution in [0.25, 0.3) is 11.2 Å². The largest absolute Gasteiger partial charge is 0.332 e. The summed E-state index contributed by atoms with van der Waals surface area (Å²) in [5.41, 5.74) is 0.209. The summed E-state index contributed by atoms with van der Waals surface area (Å²) in [5, 5.41) is 5.00. The average molecular weight is 413 g/mol. The first-order chi connectivity index (χ1) is 11.3. The Kier molecular flexibility index (Phi) is 4.13. The molecule has 0 aliphatic carbocycles. The molecule has 3 heterocycles. The van der Waals surface area contributed by atoms with Crippen LogP contribution in [0, 0.1) is 6.92 Å². The first-order valence-corrected chi connectivity index (χ1v) is 8.50. The van der Waals surface area contributed by atoms with Crippen LogP contribution < -0.4 is 16.6 Å². The second-order valence-electron chi connectivity index (χ2n) is 5.19. The molecule has 3 aromatic rings. The quantitative estimate of drug-likeness (QED) is 0.634. The van der Waals surface area contributed by atoms with Crippen molar-refractivity contribution in [3.63, 3.8) is 0 Å². The Balaban J connectivity index is 2.04. The number of aromatic nitrogens is 5. The van der Waals surface area contributed by atoms with Crippen molar-refractivity contribution in [1.29, 1.82) is 0 Å². The zero-order valence-corrected chi connectivity index (χ0v) is 15.4. The van der Waals surface area contributed by atoms with Crippen LogP contribution in [0.1, 0.15) is 5.69 Å². The fourth-order valence-electron chi connectivity index (χ4n) is 2.32. The predicted molar refractivity (Wildman–Crippen MR) is 93.4 cm³/mol. The van der Waals surface area contributed by atoms with Crippen LogP contribution in [-0.2, 0) is 25.4 Å². The number of imidazole rings is 1. The van der Waals surface area contributed by atoms with Crippen molar-refractivity contribution in [2.45, 2.75) is 13.5 Å². The van der Waals surface area contributed by atoms with Crippen LogP contribution in [0.2, 0.25) is 0 Å². The van der Waals surface area contributed by atoms with Crippen molar-refractivity contribution in [2.24, 2.45) is 14.1 Å². The molecule has 0 aliphatic heterocycles. The van der Waals surface area contributed by atoms with Gasteiger partial charge in [0, 0.05) is 19.5 Å². The maximum atomic E-state index is 12.2. The molecule has 1 N–H and O–H groups in total. The van der Waals surface area contributed by atoms with Gasteiger partial charge in [-0.1, -0.05) is 0 Å². The van der Waals surface area contributed by atoms with E-state index < -0.39 is 11.2 Å². The summed E-state index contributed by atoms with van der Waals surface area (Å²) in [7, 11) is 2.91. The van der Waals surface area contributed by atoms with Crippen LogP contribution in [0.3, 0.4) is 0 Å². The Labute approximate surface area is 147 Å². The van der Waals surface area contributed by atoms with Crippen molar-refractivity contribution >= 4 is 49.5 Å². The molecular formula is C13H13BrN6O3S. The van der Waals surface area contributed by atoms with E-state index >= 15 is 0 Å². The van der Waals surface area contributed by atoms with Gasteiger partial charge in [0.15, 0.2) is 21.0 Å². The number of fused-ring (bicyclic) bond motifs is 1. The molecule has 0 aromatic carbocycles. The lowest BCUT2D eigenvalue weighted by atomic mass is 10.5. The van der Waals surface area contributed by atoms with E-state index in [0.29, 0.717) is 9.87 Å². The number of carbonyl (C=O) groups is 1. The Morgan fingerprint density at radius 2 is 2.00 bits per heavy atom. The molecule has 3 rings (SSSR count). The van der Waals surface area contributed by atoms with Crippen LogP contribution in [0.15, 0.2) is 19.7 Å². The van der Waals surface area contributed by atoms with Gasteiger partial charge in [-0.05, 0) is 22.9 Å². The Bertz CT molecular complexity index is 1080. The van der Waals surface area contributed by atoms with Crippen LogP contribution >= 0.6 is 27.3 Å². The highest BCUT2D eigenvalue weighted by atomic mass is 79.9. The number of nitrogens with one attached hydrogen (secondary N) is 1. The van der Waals surface area contributed by atoms with Gasteiger partial charge in [0.25, 0.3) is 5.56 Å². The second-order valence-corrected chi connectivity index (χ2v) is 6.75. The van der Waals surface area contributed by atoms with E-state index in [9.17, 15) is 14.4 Å². The van der Waals surface area contributed by atoms with Gasteiger partial charge in [-0.25, -0.2) is 14.8 Å². The molecule has 0 spiro atoms. The van der Waals surface area contributed by atoms with Gasteiger partial charge in [0.05, 0.1) is 5.69 Å². The number of halogens is 1. The fourth-order valence-corrected chi connectivity index (χ4v) is 3.49. The number of rotatable bonds is 3. The number of hydrogen-bond acceptors (Lipinski definition) is 6. The molecule has 3 aromatic heterocycles. The monoisotopic (exact) mass is 412 g/mol. The Morgan fingerprint density at radius 1 is 1.29 bits per heavy atom. The van der Waals surface area contributed by atoms with E-state index in [1.165, 1.54) is 34.6 Å². The minimum Gasteiger partial charge on any atom is -0.300 e. The zero-order valence-electron chi connectivity index (χ0n) is 13.0. The zero-order chi connectivity index (χ0) is 17.6. The summed E-state index contributed by atoms with van der Waals surface area (Å²) in [6, 6.07) is 0. The highest BCUT2D eigenvalue weighted by Gasteiger charge is 2.19. The molecule has 0 atom stereocenters. The summed E-state index contributed by atoms with van der Waals surface area (Å²) >= 11 is 4.56. The number of aryl methyl sites for hydroxylation is 2. The predicted octanol–water partition coefficient (Wildman–Crippen LogP) is 0.600. The number of anilines is 1. The van der Waals surface area contributed by atoms with Crippen molar-refractivity contribution in [3.05, 3.63) is 36.6 Å². The molecule has 0 radical (unpaired) electrons. The lowest BCUT2D eigenvalue weighted by Crippen LogP contribution is -2.37. The first-order valence-electron chi connectivity index (χ1n) is 6.83. The van der Waals surface area contributed by atoms with Gasteiger partial charge in [0.2, 0.25) is 5.91 Å². The number of nitrogens with zero attached hydrogens (tertiary/aromatic N) is 5. The summed E-state index contributed by atoms with van der Waals surface area (Å²) in [6.07, 6.45) is 0. The Morgan fingerprint density at radius 3 is 2.62 bits per heavy atom. The molecule has 24 heavy (non-hydrogen) atoms. The maximum Gasteiger partial charge on any atom is 0.332 e. The highest BCUT2D eigenvalue weighted by Crippen LogP contribution is 2.18. The number of hydrogen-bond donors (Lipinski definition) is 1. The average Bonchev–Trinajstić information content (AvgIpc) is 3.07. The first kappa shape index (κ1) is 16.6. The van der Waals surface area contributed by atoms with Gasteiger partial charge < -0.3 is 5.32 Å². The summed E-state index contributed by atoms with van der Waals surface area (Å²) < 4.78 is 4.02. The maximum absolute atomic E-state index is 12.2. The molecule has 0 saturated heterocycles. The number of carbonyl (C=O) groups excluding carboxylic acids is 1. The molecular weight excluding hydrogens is 400 g/mol. The minimum absolute atomic E-state index is 0.115. The van der Waals surface area contributed by atoms with E-state index in [4.69, 9.17) is 0 Å². The summed E-state index contributed by atoms with van der Waals surface area (Å²) in [6.45, 7) is 1.72. The molecule has 9 nitrogen and oxygen atoms in total. The van der Waals surface area contributed by atoms with E-state index in [-0.39, 0.29) is 23.6 Å². The second kappa shape index (κ2) is 5.98. The van der Waals surface area contributed by atoms with E-state index in [1.54, 1.807) is 0 Å². The van der Waals surface area contributed by atoms with E-state index in [1.807, 2.05) is 12.3 Å². The summed E-state index contributed by atoms with van der Waals surface area (Å²) in [5.74, 6) is -0.336. The molecule has 11 heteroatoms. The third-order valence-corrected chi connectivity index (χ3v) is 4.94. The minimum atomic E-state index is -0.511. The van der Waals surface area contributed by atoms with E-state index in [2.05, 4.69) is 31.2 Å². The molecule has 0 aliphatic rings. The Hall–Kier alpha value is -2.27. The summed E-state index contributed by atoms with van der Waals surface area (Å²) in [4.78, 5) is 44.8. The van der Waals surface area contributed by atoms with Crippen molar-refractivity contribution in [3.8, 4) is 0 Å². The molecule has 0 saturated carbocycles. The molecule has 126 valence electrons. The highest BCUT2D eigenvalue weighted by molar-refractivity contribution is 9.10. The SMILES string of the molecule is Cc1csc(NC(=O)Cn2c(Br)nc3c(=O)n(C)c(=O)n(C)c32)n1. The molecule has 0 bridgehead atoms.